The maximum absolute atomic E-state index is 5.60. The molecule has 0 spiro atoms. The van der Waals surface area contributed by atoms with Gasteiger partial charge in [-0.2, -0.15) is 0 Å². The summed E-state index contributed by atoms with van der Waals surface area (Å²) in [6.45, 7) is 0. The van der Waals surface area contributed by atoms with E-state index in [2.05, 4.69) is 10.3 Å². The standard InChI is InChI=1S/C9H13N3/c1-11-9(5-6-9)7-3-2-4-8(10)12-7/h2-4,11H,5-6H2,1H3,(H2,10,12). The number of pyridine rings is 1. The second-order valence-electron chi connectivity index (χ2n) is 3.28. The Kier molecular flexibility index (Phi) is 1.54. The minimum atomic E-state index is 0.134. The lowest BCUT2D eigenvalue weighted by molar-refractivity contribution is 0.568. The van der Waals surface area contributed by atoms with Crippen molar-refractivity contribution in [3.8, 4) is 0 Å². The Morgan fingerprint density at radius 1 is 1.50 bits per heavy atom. The largest absolute Gasteiger partial charge is 0.384 e. The maximum atomic E-state index is 5.60. The van der Waals surface area contributed by atoms with Crippen LogP contribution in [0.2, 0.25) is 0 Å². The highest BCUT2D eigenvalue weighted by atomic mass is 15.0. The van der Waals surface area contributed by atoms with E-state index in [0.717, 1.165) is 5.69 Å². The molecular formula is C9H13N3. The number of nitrogens with one attached hydrogen (secondary N) is 1. The Bertz CT molecular complexity index is 292. The van der Waals surface area contributed by atoms with Gasteiger partial charge in [0, 0.05) is 0 Å². The average Bonchev–Trinajstić information content (AvgIpc) is 2.84. The molecule has 0 aliphatic heterocycles. The van der Waals surface area contributed by atoms with Gasteiger partial charge in [-0.25, -0.2) is 4.98 Å². The number of hydrogen-bond acceptors (Lipinski definition) is 3. The molecule has 2 rings (SSSR count). The zero-order chi connectivity index (χ0) is 8.60. The van der Waals surface area contributed by atoms with Crippen LogP contribution >= 0.6 is 0 Å². The Balaban J connectivity index is 2.34. The van der Waals surface area contributed by atoms with Crippen LogP contribution in [0.3, 0.4) is 0 Å². The molecule has 1 aliphatic carbocycles. The fourth-order valence-corrected chi connectivity index (χ4v) is 1.48. The fourth-order valence-electron chi connectivity index (χ4n) is 1.48. The highest BCUT2D eigenvalue weighted by Crippen LogP contribution is 2.44. The number of nitrogens with zero attached hydrogens (tertiary/aromatic N) is 1. The third kappa shape index (κ3) is 1.06. The van der Waals surface area contributed by atoms with Gasteiger partial charge in [-0.05, 0) is 32.0 Å². The van der Waals surface area contributed by atoms with Crippen LogP contribution in [0.25, 0.3) is 0 Å². The number of anilines is 1. The van der Waals surface area contributed by atoms with Crippen molar-refractivity contribution in [2.75, 3.05) is 12.8 Å². The first kappa shape index (κ1) is 7.55. The fraction of sp³-hybridized carbons (Fsp3) is 0.444. The van der Waals surface area contributed by atoms with E-state index in [0.29, 0.717) is 5.82 Å². The van der Waals surface area contributed by atoms with E-state index in [1.165, 1.54) is 12.8 Å². The van der Waals surface area contributed by atoms with Gasteiger partial charge in [0.15, 0.2) is 0 Å². The molecule has 0 saturated heterocycles. The first-order chi connectivity index (χ1) is 5.77. The third-order valence-corrected chi connectivity index (χ3v) is 2.49. The summed E-state index contributed by atoms with van der Waals surface area (Å²) in [5.74, 6) is 0.606. The van der Waals surface area contributed by atoms with Crippen LogP contribution in [0.1, 0.15) is 18.5 Å². The summed E-state index contributed by atoms with van der Waals surface area (Å²) in [6, 6.07) is 5.80. The van der Waals surface area contributed by atoms with Crippen LogP contribution < -0.4 is 11.1 Å². The minimum Gasteiger partial charge on any atom is -0.384 e. The lowest BCUT2D eigenvalue weighted by Crippen LogP contribution is -2.25. The first-order valence-electron chi connectivity index (χ1n) is 4.19. The number of nitrogens with two attached hydrogens (primary N) is 1. The van der Waals surface area contributed by atoms with Crippen molar-refractivity contribution >= 4 is 5.82 Å². The van der Waals surface area contributed by atoms with Gasteiger partial charge in [0.05, 0.1) is 11.2 Å². The van der Waals surface area contributed by atoms with Gasteiger partial charge in [-0.3, -0.25) is 0 Å². The van der Waals surface area contributed by atoms with Crippen LogP contribution in [-0.2, 0) is 5.54 Å². The van der Waals surface area contributed by atoms with Crippen molar-refractivity contribution in [3.05, 3.63) is 23.9 Å². The van der Waals surface area contributed by atoms with Gasteiger partial charge in [0.1, 0.15) is 5.82 Å². The Morgan fingerprint density at radius 2 is 2.25 bits per heavy atom. The second kappa shape index (κ2) is 2.45. The molecule has 3 nitrogen and oxygen atoms in total. The van der Waals surface area contributed by atoms with Gasteiger partial charge < -0.3 is 11.1 Å². The highest BCUT2D eigenvalue weighted by Gasteiger charge is 2.44. The summed E-state index contributed by atoms with van der Waals surface area (Å²) in [5.41, 5.74) is 6.81. The normalized spacial score (nSPS) is 19.1. The van der Waals surface area contributed by atoms with Gasteiger partial charge in [0.2, 0.25) is 0 Å². The smallest absolute Gasteiger partial charge is 0.123 e. The molecule has 0 atom stereocenters. The van der Waals surface area contributed by atoms with Crippen molar-refractivity contribution in [2.24, 2.45) is 0 Å². The van der Waals surface area contributed by atoms with Crippen molar-refractivity contribution in [2.45, 2.75) is 18.4 Å². The third-order valence-electron chi connectivity index (χ3n) is 2.49. The maximum Gasteiger partial charge on any atom is 0.123 e. The first-order valence-corrected chi connectivity index (χ1v) is 4.19. The lowest BCUT2D eigenvalue weighted by atomic mass is 10.1. The van der Waals surface area contributed by atoms with Crippen molar-refractivity contribution < 1.29 is 0 Å². The Morgan fingerprint density at radius 3 is 2.75 bits per heavy atom. The van der Waals surface area contributed by atoms with E-state index in [-0.39, 0.29) is 5.54 Å². The summed E-state index contributed by atoms with van der Waals surface area (Å²) in [6.07, 6.45) is 2.33. The molecule has 0 amide bonds. The molecule has 3 N–H and O–H groups in total. The monoisotopic (exact) mass is 163 g/mol. The number of rotatable bonds is 2. The number of nitrogen functional groups attached to an aromatic ring is 1. The van der Waals surface area contributed by atoms with Gasteiger partial charge >= 0.3 is 0 Å². The SMILES string of the molecule is CNC1(c2cccc(N)n2)CC1. The summed E-state index contributed by atoms with van der Waals surface area (Å²) in [4.78, 5) is 4.29. The van der Waals surface area contributed by atoms with Crippen molar-refractivity contribution in [1.82, 2.24) is 10.3 Å². The van der Waals surface area contributed by atoms with E-state index in [1.54, 1.807) is 0 Å². The van der Waals surface area contributed by atoms with Crippen LogP contribution in [0, 0.1) is 0 Å². The predicted octanol–water partition coefficient (Wildman–Crippen LogP) is 0.872. The molecule has 3 heteroatoms. The molecular weight excluding hydrogens is 150 g/mol. The minimum absolute atomic E-state index is 0.134. The quantitative estimate of drug-likeness (QED) is 0.680. The molecule has 1 heterocycles. The zero-order valence-electron chi connectivity index (χ0n) is 7.17. The van der Waals surface area contributed by atoms with E-state index in [4.69, 9.17) is 5.73 Å². The van der Waals surface area contributed by atoms with Crippen molar-refractivity contribution in [3.63, 3.8) is 0 Å². The molecule has 1 fully saturated rings. The molecule has 0 aromatic carbocycles. The zero-order valence-corrected chi connectivity index (χ0v) is 7.17. The van der Waals surface area contributed by atoms with Gasteiger partial charge in [-0.15, -0.1) is 0 Å². The van der Waals surface area contributed by atoms with Gasteiger partial charge in [-0.1, -0.05) is 6.07 Å². The molecule has 1 aromatic rings. The summed E-state index contributed by atoms with van der Waals surface area (Å²) < 4.78 is 0. The van der Waals surface area contributed by atoms with Crippen LogP contribution in [0.4, 0.5) is 5.82 Å². The highest BCUT2D eigenvalue weighted by molar-refractivity contribution is 5.33. The summed E-state index contributed by atoms with van der Waals surface area (Å²) in [7, 11) is 1.97. The van der Waals surface area contributed by atoms with Crippen molar-refractivity contribution in [1.29, 1.82) is 0 Å². The van der Waals surface area contributed by atoms with Crippen LogP contribution in [-0.4, -0.2) is 12.0 Å². The van der Waals surface area contributed by atoms with E-state index in [1.807, 2.05) is 25.2 Å². The Hall–Kier alpha value is -1.09. The predicted molar refractivity (Wildman–Crippen MR) is 48.6 cm³/mol. The molecule has 1 aromatic heterocycles. The van der Waals surface area contributed by atoms with E-state index < -0.39 is 0 Å². The van der Waals surface area contributed by atoms with E-state index in [9.17, 15) is 0 Å². The van der Waals surface area contributed by atoms with Crippen LogP contribution in [0.5, 0.6) is 0 Å². The second-order valence-corrected chi connectivity index (χ2v) is 3.28. The topological polar surface area (TPSA) is 50.9 Å². The molecule has 0 bridgehead atoms. The molecule has 0 radical (unpaired) electrons. The molecule has 64 valence electrons. The number of aromatic nitrogens is 1. The average molecular weight is 163 g/mol. The molecule has 1 aliphatic rings. The summed E-state index contributed by atoms with van der Waals surface area (Å²) >= 11 is 0. The van der Waals surface area contributed by atoms with E-state index >= 15 is 0 Å². The van der Waals surface area contributed by atoms with Gasteiger partial charge in [0.25, 0.3) is 0 Å². The number of hydrogen-bond donors (Lipinski definition) is 2. The lowest BCUT2D eigenvalue weighted by Gasteiger charge is -2.12. The Labute approximate surface area is 72.0 Å². The van der Waals surface area contributed by atoms with Crippen LogP contribution in [0.15, 0.2) is 18.2 Å². The molecule has 1 saturated carbocycles. The summed E-state index contributed by atoms with van der Waals surface area (Å²) in [5, 5.41) is 3.28. The molecule has 12 heavy (non-hydrogen) atoms. The molecule has 0 unspecified atom stereocenters.